The molecule has 1 amide bonds. The monoisotopic (exact) mass is 264 g/mol. The molecule has 1 aromatic carbocycles. The second-order valence-electron chi connectivity index (χ2n) is 5.42. The van der Waals surface area contributed by atoms with Gasteiger partial charge in [-0.3, -0.25) is 4.79 Å². The number of hydrogen-bond acceptors (Lipinski definition) is 2. The Morgan fingerprint density at radius 2 is 2.11 bits per heavy atom. The van der Waals surface area contributed by atoms with Crippen molar-refractivity contribution in [2.24, 2.45) is 5.41 Å². The van der Waals surface area contributed by atoms with Crippen LogP contribution in [0.15, 0.2) is 18.2 Å². The van der Waals surface area contributed by atoms with E-state index < -0.39 is 5.82 Å². The highest BCUT2D eigenvalue weighted by atomic mass is 19.1. The van der Waals surface area contributed by atoms with Gasteiger partial charge < -0.3 is 10.6 Å². The van der Waals surface area contributed by atoms with E-state index in [0.717, 1.165) is 32.4 Å². The maximum atomic E-state index is 13.0. The van der Waals surface area contributed by atoms with Crippen LogP contribution >= 0.6 is 0 Å². The van der Waals surface area contributed by atoms with Crippen LogP contribution in [0.4, 0.5) is 10.1 Å². The zero-order valence-corrected chi connectivity index (χ0v) is 11.6. The Morgan fingerprint density at radius 3 is 2.63 bits per heavy atom. The number of nitrogen functional groups attached to an aromatic ring is 1. The normalized spacial score (nSPS) is 17.7. The molecule has 1 aliphatic rings. The van der Waals surface area contributed by atoms with Crippen molar-refractivity contribution in [1.29, 1.82) is 0 Å². The number of rotatable bonds is 3. The molecule has 104 valence electrons. The molecule has 0 radical (unpaired) electrons. The van der Waals surface area contributed by atoms with Gasteiger partial charge in [0.1, 0.15) is 5.82 Å². The molecule has 1 fully saturated rings. The van der Waals surface area contributed by atoms with Crippen molar-refractivity contribution in [3.8, 4) is 0 Å². The van der Waals surface area contributed by atoms with Gasteiger partial charge in [0.2, 0.25) is 0 Å². The molecule has 1 aliphatic heterocycles. The lowest BCUT2D eigenvalue weighted by molar-refractivity contribution is 0.0771. The quantitative estimate of drug-likeness (QED) is 0.853. The van der Waals surface area contributed by atoms with E-state index in [1.54, 1.807) is 0 Å². The highest BCUT2D eigenvalue weighted by molar-refractivity contribution is 5.99. The number of carbonyl (C=O) groups excluding carboxylic acids is 1. The number of amides is 1. The van der Waals surface area contributed by atoms with E-state index in [2.05, 4.69) is 13.8 Å². The first-order valence-electron chi connectivity index (χ1n) is 6.85. The van der Waals surface area contributed by atoms with Crippen molar-refractivity contribution in [3.05, 3.63) is 29.6 Å². The highest BCUT2D eigenvalue weighted by Gasteiger charge is 2.37. The summed E-state index contributed by atoms with van der Waals surface area (Å²) in [6.45, 7) is 5.88. The van der Waals surface area contributed by atoms with E-state index in [1.165, 1.54) is 18.2 Å². The fourth-order valence-electron chi connectivity index (χ4n) is 2.83. The summed E-state index contributed by atoms with van der Waals surface area (Å²) >= 11 is 0. The predicted molar refractivity (Wildman–Crippen MR) is 74.3 cm³/mol. The van der Waals surface area contributed by atoms with Crippen LogP contribution in [0.25, 0.3) is 0 Å². The Labute approximate surface area is 113 Å². The number of benzene rings is 1. The molecule has 2 N–H and O–H groups in total. The molecule has 0 spiro atoms. The highest BCUT2D eigenvalue weighted by Crippen LogP contribution is 2.37. The fraction of sp³-hybridized carbons (Fsp3) is 0.533. The van der Waals surface area contributed by atoms with Crippen LogP contribution in [0, 0.1) is 11.2 Å². The zero-order valence-electron chi connectivity index (χ0n) is 11.6. The Bertz CT molecular complexity index is 483. The molecule has 0 aliphatic carbocycles. The lowest BCUT2D eigenvalue weighted by atomic mass is 9.82. The maximum absolute atomic E-state index is 13.0. The van der Waals surface area contributed by atoms with Crippen molar-refractivity contribution in [2.45, 2.75) is 33.1 Å². The van der Waals surface area contributed by atoms with Gasteiger partial charge in [0, 0.05) is 18.8 Å². The summed E-state index contributed by atoms with van der Waals surface area (Å²) in [5.41, 5.74) is 6.60. The largest absolute Gasteiger partial charge is 0.398 e. The van der Waals surface area contributed by atoms with E-state index in [0.29, 0.717) is 5.56 Å². The topological polar surface area (TPSA) is 46.3 Å². The molecule has 1 heterocycles. The number of nitrogens with two attached hydrogens (primary N) is 1. The van der Waals surface area contributed by atoms with Crippen LogP contribution in [-0.2, 0) is 0 Å². The summed E-state index contributed by atoms with van der Waals surface area (Å²) in [5.74, 6) is -0.492. The van der Waals surface area contributed by atoms with E-state index >= 15 is 0 Å². The third kappa shape index (κ3) is 2.57. The minimum absolute atomic E-state index is 0.0822. The van der Waals surface area contributed by atoms with Crippen LogP contribution in [0.3, 0.4) is 0 Å². The van der Waals surface area contributed by atoms with Crippen LogP contribution in [0.2, 0.25) is 0 Å². The Kier molecular flexibility index (Phi) is 3.78. The van der Waals surface area contributed by atoms with Gasteiger partial charge in [0.05, 0.1) is 5.56 Å². The number of carbonyl (C=O) groups is 1. The maximum Gasteiger partial charge on any atom is 0.255 e. The lowest BCUT2D eigenvalue weighted by Crippen LogP contribution is -2.32. The molecule has 0 bridgehead atoms. The third-order valence-electron chi connectivity index (χ3n) is 4.47. The van der Waals surface area contributed by atoms with E-state index in [1.807, 2.05) is 4.90 Å². The molecule has 0 atom stereocenters. The average Bonchev–Trinajstić information content (AvgIpc) is 2.83. The molecule has 2 rings (SSSR count). The van der Waals surface area contributed by atoms with Crippen molar-refractivity contribution in [3.63, 3.8) is 0 Å². The van der Waals surface area contributed by atoms with Crippen LogP contribution in [0.5, 0.6) is 0 Å². The van der Waals surface area contributed by atoms with Crippen molar-refractivity contribution < 1.29 is 9.18 Å². The third-order valence-corrected chi connectivity index (χ3v) is 4.47. The minimum atomic E-state index is -0.410. The van der Waals surface area contributed by atoms with Crippen molar-refractivity contribution >= 4 is 11.6 Å². The molecule has 3 nitrogen and oxygen atoms in total. The van der Waals surface area contributed by atoms with E-state index in [4.69, 9.17) is 5.73 Å². The van der Waals surface area contributed by atoms with Gasteiger partial charge in [-0.25, -0.2) is 4.39 Å². The summed E-state index contributed by atoms with van der Waals surface area (Å²) < 4.78 is 13.0. The summed E-state index contributed by atoms with van der Waals surface area (Å²) in [6.07, 6.45) is 3.19. The standard InChI is InChI=1S/C15H21FN2O/c1-3-15(4-2)7-8-18(10-15)14(19)12-6-5-11(16)9-13(12)17/h5-6,9H,3-4,7-8,10,17H2,1-2H3. The second kappa shape index (κ2) is 5.19. The fourth-order valence-corrected chi connectivity index (χ4v) is 2.83. The molecular formula is C15H21FN2O. The molecule has 19 heavy (non-hydrogen) atoms. The minimum Gasteiger partial charge on any atom is -0.398 e. The van der Waals surface area contributed by atoms with E-state index in [9.17, 15) is 9.18 Å². The van der Waals surface area contributed by atoms with Gasteiger partial charge >= 0.3 is 0 Å². The molecule has 0 aromatic heterocycles. The first-order valence-corrected chi connectivity index (χ1v) is 6.85. The number of nitrogens with zero attached hydrogens (tertiary/aromatic N) is 1. The Balaban J connectivity index is 2.17. The van der Waals surface area contributed by atoms with Crippen molar-refractivity contribution in [2.75, 3.05) is 18.8 Å². The smallest absolute Gasteiger partial charge is 0.255 e. The van der Waals surface area contributed by atoms with Gasteiger partial charge in [-0.05, 0) is 42.9 Å². The summed E-state index contributed by atoms with van der Waals surface area (Å²) in [7, 11) is 0. The molecular weight excluding hydrogens is 243 g/mol. The molecule has 1 saturated heterocycles. The Hall–Kier alpha value is -1.58. The van der Waals surface area contributed by atoms with E-state index in [-0.39, 0.29) is 17.0 Å². The van der Waals surface area contributed by atoms with Gasteiger partial charge in [0.15, 0.2) is 0 Å². The molecule has 0 saturated carbocycles. The first-order chi connectivity index (χ1) is 9.01. The van der Waals surface area contributed by atoms with Crippen molar-refractivity contribution in [1.82, 2.24) is 4.90 Å². The zero-order chi connectivity index (χ0) is 14.0. The Morgan fingerprint density at radius 1 is 1.42 bits per heavy atom. The molecule has 0 unspecified atom stereocenters. The van der Waals surface area contributed by atoms with Crippen LogP contribution < -0.4 is 5.73 Å². The van der Waals surface area contributed by atoms with Crippen LogP contribution in [-0.4, -0.2) is 23.9 Å². The SMILES string of the molecule is CCC1(CC)CCN(C(=O)c2ccc(F)cc2N)C1. The number of anilines is 1. The summed E-state index contributed by atoms with van der Waals surface area (Å²) in [6, 6.07) is 3.97. The average molecular weight is 264 g/mol. The predicted octanol–water partition coefficient (Wildman–Crippen LogP) is 3.06. The molecule has 1 aromatic rings. The second-order valence-corrected chi connectivity index (χ2v) is 5.42. The molecule has 4 heteroatoms. The van der Waals surface area contributed by atoms with Gasteiger partial charge in [0.25, 0.3) is 5.91 Å². The van der Waals surface area contributed by atoms with Gasteiger partial charge in [-0.2, -0.15) is 0 Å². The van der Waals surface area contributed by atoms with Gasteiger partial charge in [-0.15, -0.1) is 0 Å². The number of likely N-dealkylation sites (tertiary alicyclic amines) is 1. The van der Waals surface area contributed by atoms with Gasteiger partial charge in [-0.1, -0.05) is 13.8 Å². The number of hydrogen-bond donors (Lipinski definition) is 1. The van der Waals surface area contributed by atoms with Crippen LogP contribution in [0.1, 0.15) is 43.5 Å². The summed E-state index contributed by atoms with van der Waals surface area (Å²) in [4.78, 5) is 14.3. The summed E-state index contributed by atoms with van der Waals surface area (Å²) in [5, 5.41) is 0. The first kappa shape index (κ1) is 13.8. The lowest BCUT2D eigenvalue weighted by Gasteiger charge is -2.26. The number of halogens is 1.